The van der Waals surface area contributed by atoms with Crippen LogP contribution in [0.15, 0.2) is 52.2 Å². The lowest BCUT2D eigenvalue weighted by molar-refractivity contribution is -0.125. The van der Waals surface area contributed by atoms with E-state index in [0.717, 1.165) is 10.0 Å². The number of amides is 1. The first kappa shape index (κ1) is 15.5. The number of aromatic nitrogens is 1. The highest BCUT2D eigenvalue weighted by atomic mass is 79.9. The van der Waals surface area contributed by atoms with Gasteiger partial charge in [-0.15, -0.1) is 0 Å². The van der Waals surface area contributed by atoms with Crippen LogP contribution in [0.25, 0.3) is 0 Å². The average molecular weight is 376 g/mol. The number of rotatable bonds is 4. The molecule has 2 aromatic rings. The number of methoxy groups -OCH3 is 1. The summed E-state index contributed by atoms with van der Waals surface area (Å²) in [7, 11) is 1.60. The summed E-state index contributed by atoms with van der Waals surface area (Å²) in [5, 5.41) is 6.73. The summed E-state index contributed by atoms with van der Waals surface area (Å²) in [4.78, 5) is 21.6. The minimum atomic E-state index is -0.680. The number of ether oxygens (including phenoxy) is 1. The molecule has 1 aromatic carbocycles. The van der Waals surface area contributed by atoms with E-state index >= 15 is 0 Å². The molecule has 0 spiro atoms. The van der Waals surface area contributed by atoms with Crippen LogP contribution < -0.4 is 10.1 Å². The molecule has 1 aliphatic heterocycles. The zero-order chi connectivity index (χ0) is 16.2. The summed E-state index contributed by atoms with van der Waals surface area (Å²) in [6, 6.07) is 11.0. The van der Waals surface area contributed by atoms with Gasteiger partial charge in [0.1, 0.15) is 11.6 Å². The molecule has 0 fully saturated rings. The molecule has 1 aromatic heterocycles. The van der Waals surface area contributed by atoms with E-state index in [9.17, 15) is 4.79 Å². The summed E-state index contributed by atoms with van der Waals surface area (Å²) in [6.07, 6.45) is 1.31. The van der Waals surface area contributed by atoms with Crippen molar-refractivity contribution >= 4 is 33.4 Å². The standard InChI is InChI=1S/C16H14BrN3O3/c1-22-13-5-3-2-4-11(13)12-8-14(23-20-12)16(21)19-15-7-6-10(17)9-18-15/h2-7,9,14H,8H2,1H3,(H,18,19,21)/t14-/m1/s1. The van der Waals surface area contributed by atoms with Gasteiger partial charge in [0.2, 0.25) is 6.10 Å². The number of hydrogen-bond acceptors (Lipinski definition) is 5. The van der Waals surface area contributed by atoms with Crippen molar-refractivity contribution in [3.8, 4) is 5.75 Å². The number of halogens is 1. The van der Waals surface area contributed by atoms with Crippen molar-refractivity contribution in [2.45, 2.75) is 12.5 Å². The molecule has 0 unspecified atom stereocenters. The lowest BCUT2D eigenvalue weighted by Gasteiger charge is -2.09. The summed E-state index contributed by atoms with van der Waals surface area (Å²) < 4.78 is 6.15. The number of carbonyl (C=O) groups excluding carboxylic acids is 1. The molecule has 2 heterocycles. The van der Waals surface area contributed by atoms with Gasteiger partial charge in [0, 0.05) is 22.7 Å². The molecular formula is C16H14BrN3O3. The molecule has 23 heavy (non-hydrogen) atoms. The average Bonchev–Trinajstić information content (AvgIpc) is 3.07. The molecule has 0 bridgehead atoms. The largest absolute Gasteiger partial charge is 0.496 e. The third kappa shape index (κ3) is 3.50. The Kier molecular flexibility index (Phi) is 4.57. The van der Waals surface area contributed by atoms with Gasteiger partial charge in [-0.05, 0) is 40.2 Å². The Bertz CT molecular complexity index is 746. The van der Waals surface area contributed by atoms with Crippen LogP contribution in [-0.4, -0.2) is 29.8 Å². The number of oxime groups is 1. The van der Waals surface area contributed by atoms with Gasteiger partial charge in [-0.1, -0.05) is 17.3 Å². The molecule has 6 nitrogen and oxygen atoms in total. The van der Waals surface area contributed by atoms with Crippen LogP contribution in [0.4, 0.5) is 5.82 Å². The Balaban J connectivity index is 1.66. The zero-order valence-electron chi connectivity index (χ0n) is 12.3. The highest BCUT2D eigenvalue weighted by Gasteiger charge is 2.30. The van der Waals surface area contributed by atoms with E-state index in [0.29, 0.717) is 23.7 Å². The number of nitrogens with zero attached hydrogens (tertiary/aromatic N) is 2. The van der Waals surface area contributed by atoms with Crippen LogP contribution in [0.3, 0.4) is 0 Å². The third-order valence-electron chi connectivity index (χ3n) is 3.36. The highest BCUT2D eigenvalue weighted by Crippen LogP contribution is 2.25. The van der Waals surface area contributed by atoms with Crippen LogP contribution >= 0.6 is 15.9 Å². The van der Waals surface area contributed by atoms with E-state index in [1.54, 1.807) is 25.4 Å². The molecule has 1 amide bonds. The number of hydrogen-bond donors (Lipinski definition) is 1. The topological polar surface area (TPSA) is 72.8 Å². The molecule has 0 aliphatic carbocycles. The molecule has 3 rings (SSSR count). The van der Waals surface area contributed by atoms with E-state index in [-0.39, 0.29) is 5.91 Å². The second-order valence-electron chi connectivity index (χ2n) is 4.89. The van der Waals surface area contributed by atoms with Crippen molar-refractivity contribution in [3.63, 3.8) is 0 Å². The van der Waals surface area contributed by atoms with Gasteiger partial charge in [0.25, 0.3) is 5.91 Å². The molecule has 7 heteroatoms. The zero-order valence-corrected chi connectivity index (χ0v) is 13.9. The van der Waals surface area contributed by atoms with Gasteiger partial charge in [0.15, 0.2) is 0 Å². The summed E-state index contributed by atoms with van der Waals surface area (Å²) in [5.41, 5.74) is 1.51. The second-order valence-corrected chi connectivity index (χ2v) is 5.80. The summed E-state index contributed by atoms with van der Waals surface area (Å²) >= 11 is 3.30. The van der Waals surface area contributed by atoms with Crippen LogP contribution in [0.5, 0.6) is 5.75 Å². The lowest BCUT2D eigenvalue weighted by atomic mass is 10.0. The fourth-order valence-corrected chi connectivity index (χ4v) is 2.45. The van der Waals surface area contributed by atoms with Crippen LogP contribution in [0, 0.1) is 0 Å². The molecule has 1 aliphatic rings. The quantitative estimate of drug-likeness (QED) is 0.891. The van der Waals surface area contributed by atoms with E-state index in [1.807, 2.05) is 24.3 Å². The summed E-state index contributed by atoms with van der Waals surface area (Å²) in [6.45, 7) is 0. The number of benzene rings is 1. The maximum atomic E-state index is 12.2. The number of para-hydroxylation sites is 1. The first-order valence-corrected chi connectivity index (χ1v) is 7.75. The molecule has 0 saturated carbocycles. The molecule has 1 atom stereocenters. The van der Waals surface area contributed by atoms with Gasteiger partial charge in [0.05, 0.1) is 12.8 Å². The van der Waals surface area contributed by atoms with E-state index < -0.39 is 6.10 Å². The predicted molar refractivity (Wildman–Crippen MR) is 89.6 cm³/mol. The molecule has 1 N–H and O–H groups in total. The number of nitrogens with one attached hydrogen (secondary N) is 1. The lowest BCUT2D eigenvalue weighted by Crippen LogP contribution is -2.28. The van der Waals surface area contributed by atoms with Crippen molar-refractivity contribution in [3.05, 3.63) is 52.6 Å². The van der Waals surface area contributed by atoms with E-state index in [2.05, 4.69) is 31.4 Å². The molecule has 0 saturated heterocycles. The predicted octanol–water partition coefficient (Wildman–Crippen LogP) is 2.98. The highest BCUT2D eigenvalue weighted by molar-refractivity contribution is 9.10. The van der Waals surface area contributed by atoms with E-state index in [1.165, 1.54) is 0 Å². The Morgan fingerprint density at radius 3 is 2.91 bits per heavy atom. The Morgan fingerprint density at radius 2 is 2.17 bits per heavy atom. The first-order valence-electron chi connectivity index (χ1n) is 6.96. The van der Waals surface area contributed by atoms with Gasteiger partial charge in [-0.25, -0.2) is 4.98 Å². The van der Waals surface area contributed by atoms with Crippen molar-refractivity contribution in [1.82, 2.24) is 4.98 Å². The Labute approximate surface area is 141 Å². The van der Waals surface area contributed by atoms with Crippen molar-refractivity contribution in [2.75, 3.05) is 12.4 Å². The second kappa shape index (κ2) is 6.78. The van der Waals surface area contributed by atoms with Gasteiger partial charge >= 0.3 is 0 Å². The number of anilines is 1. The van der Waals surface area contributed by atoms with Crippen molar-refractivity contribution in [2.24, 2.45) is 5.16 Å². The van der Waals surface area contributed by atoms with Crippen LogP contribution in [0.2, 0.25) is 0 Å². The van der Waals surface area contributed by atoms with E-state index in [4.69, 9.17) is 9.57 Å². The number of carbonyl (C=O) groups is 1. The minimum absolute atomic E-state index is 0.284. The fourth-order valence-electron chi connectivity index (χ4n) is 2.22. The smallest absolute Gasteiger partial charge is 0.269 e. The maximum Gasteiger partial charge on any atom is 0.269 e. The number of pyridine rings is 1. The fraction of sp³-hybridized carbons (Fsp3) is 0.188. The Morgan fingerprint density at radius 1 is 1.35 bits per heavy atom. The molecule has 118 valence electrons. The third-order valence-corrected chi connectivity index (χ3v) is 3.83. The minimum Gasteiger partial charge on any atom is -0.496 e. The monoisotopic (exact) mass is 375 g/mol. The van der Waals surface area contributed by atoms with Crippen molar-refractivity contribution < 1.29 is 14.4 Å². The molecular weight excluding hydrogens is 362 g/mol. The maximum absolute atomic E-state index is 12.2. The van der Waals surface area contributed by atoms with Gasteiger partial charge in [-0.2, -0.15) is 0 Å². The van der Waals surface area contributed by atoms with Crippen molar-refractivity contribution in [1.29, 1.82) is 0 Å². The van der Waals surface area contributed by atoms with Gasteiger partial charge in [-0.3, -0.25) is 4.79 Å². The normalized spacial score (nSPS) is 16.4. The van der Waals surface area contributed by atoms with Crippen LogP contribution in [0.1, 0.15) is 12.0 Å². The first-order chi connectivity index (χ1) is 11.2. The Hall–Kier alpha value is -2.41. The van der Waals surface area contributed by atoms with Gasteiger partial charge < -0.3 is 14.9 Å². The SMILES string of the molecule is COc1ccccc1C1=NO[C@@H](C(=O)Nc2ccc(Br)cn2)C1. The summed E-state index contributed by atoms with van der Waals surface area (Å²) in [5.74, 6) is 0.881. The van der Waals surface area contributed by atoms with Crippen LogP contribution in [-0.2, 0) is 9.63 Å². The molecule has 0 radical (unpaired) electrons.